The number of hydrogen-bond acceptors (Lipinski definition) is 3. The summed E-state index contributed by atoms with van der Waals surface area (Å²) in [5.74, 6) is -0.488. The number of imide groups is 1. The quantitative estimate of drug-likeness (QED) is 0.779. The summed E-state index contributed by atoms with van der Waals surface area (Å²) in [6.45, 7) is 3.49. The summed E-state index contributed by atoms with van der Waals surface area (Å²) in [5, 5.41) is 0. The third kappa shape index (κ3) is 3.45. The molecule has 1 unspecified atom stereocenters. The Hall–Kier alpha value is -2.37. The fourth-order valence-corrected chi connectivity index (χ4v) is 3.83. The summed E-state index contributed by atoms with van der Waals surface area (Å²) in [6.07, 6.45) is 5.46. The highest BCUT2D eigenvalue weighted by Crippen LogP contribution is 2.27. The second kappa shape index (κ2) is 7.48. The molecule has 1 atom stereocenters. The van der Waals surface area contributed by atoms with Gasteiger partial charge in [-0.15, -0.1) is 0 Å². The van der Waals surface area contributed by atoms with Crippen LogP contribution in [-0.2, 0) is 9.59 Å². The van der Waals surface area contributed by atoms with Gasteiger partial charge in [-0.1, -0.05) is 37.0 Å². The molecular weight excluding hydrogens is 330 g/mol. The molecule has 1 saturated carbocycles. The highest BCUT2D eigenvalue weighted by atomic mass is 16.2. The molecule has 3 rings (SSSR count). The summed E-state index contributed by atoms with van der Waals surface area (Å²) in [7, 11) is 1.78. The Bertz CT molecular complexity index is 695. The first-order chi connectivity index (χ1) is 12.4. The van der Waals surface area contributed by atoms with Crippen LogP contribution >= 0.6 is 0 Å². The standard InChI is InChI=1S/C20H27N3O3/c1-14-9-11-17(12-10-14)23-15(2)19(25)22(20(23)26)13-18(24)21(3)16-7-5-4-6-8-16/h9-12,15-16H,4-8,13H2,1-3H3. The topological polar surface area (TPSA) is 60.9 Å². The average Bonchev–Trinajstić information content (AvgIpc) is 2.86. The maximum absolute atomic E-state index is 12.8. The summed E-state index contributed by atoms with van der Waals surface area (Å²) in [6, 6.07) is 6.67. The van der Waals surface area contributed by atoms with E-state index in [1.807, 2.05) is 31.2 Å². The van der Waals surface area contributed by atoms with Gasteiger partial charge in [0.15, 0.2) is 0 Å². The fourth-order valence-electron chi connectivity index (χ4n) is 3.83. The van der Waals surface area contributed by atoms with Crippen LogP contribution in [0.25, 0.3) is 0 Å². The minimum Gasteiger partial charge on any atom is -0.341 e. The second-order valence-corrected chi connectivity index (χ2v) is 7.38. The van der Waals surface area contributed by atoms with Gasteiger partial charge in [-0.3, -0.25) is 19.4 Å². The molecule has 26 heavy (non-hydrogen) atoms. The zero-order valence-corrected chi connectivity index (χ0v) is 15.8. The van der Waals surface area contributed by atoms with Crippen LogP contribution in [0.2, 0.25) is 0 Å². The number of benzene rings is 1. The van der Waals surface area contributed by atoms with Gasteiger partial charge in [0.1, 0.15) is 12.6 Å². The number of anilines is 1. The van der Waals surface area contributed by atoms with Crippen molar-refractivity contribution in [2.45, 2.75) is 58.0 Å². The molecule has 1 aromatic rings. The van der Waals surface area contributed by atoms with E-state index < -0.39 is 12.1 Å². The van der Waals surface area contributed by atoms with Crippen LogP contribution < -0.4 is 4.90 Å². The molecule has 0 radical (unpaired) electrons. The van der Waals surface area contributed by atoms with E-state index in [0.717, 1.165) is 36.1 Å². The molecule has 1 aromatic carbocycles. The Morgan fingerprint density at radius 1 is 1.12 bits per heavy atom. The third-order valence-electron chi connectivity index (χ3n) is 5.57. The molecule has 2 fully saturated rings. The van der Waals surface area contributed by atoms with Crippen LogP contribution in [0.15, 0.2) is 24.3 Å². The largest absolute Gasteiger partial charge is 0.341 e. The molecule has 2 aliphatic rings. The van der Waals surface area contributed by atoms with Crippen molar-refractivity contribution in [1.29, 1.82) is 0 Å². The number of carbonyl (C=O) groups is 3. The zero-order chi connectivity index (χ0) is 18.8. The lowest BCUT2D eigenvalue weighted by molar-refractivity contribution is -0.138. The van der Waals surface area contributed by atoms with Gasteiger partial charge >= 0.3 is 6.03 Å². The van der Waals surface area contributed by atoms with Gasteiger partial charge in [0.25, 0.3) is 5.91 Å². The first-order valence-corrected chi connectivity index (χ1v) is 9.37. The minimum atomic E-state index is -0.599. The van der Waals surface area contributed by atoms with E-state index in [1.165, 1.54) is 11.3 Å². The summed E-state index contributed by atoms with van der Waals surface area (Å²) in [5.41, 5.74) is 1.76. The summed E-state index contributed by atoms with van der Waals surface area (Å²) < 4.78 is 0. The minimum absolute atomic E-state index is 0.170. The Morgan fingerprint density at radius 2 is 1.73 bits per heavy atom. The zero-order valence-electron chi connectivity index (χ0n) is 15.8. The van der Waals surface area contributed by atoms with E-state index in [2.05, 4.69) is 0 Å². The van der Waals surface area contributed by atoms with Gasteiger partial charge < -0.3 is 4.90 Å². The van der Waals surface area contributed by atoms with Crippen molar-refractivity contribution in [3.05, 3.63) is 29.8 Å². The van der Waals surface area contributed by atoms with Crippen molar-refractivity contribution in [2.24, 2.45) is 0 Å². The van der Waals surface area contributed by atoms with Crippen molar-refractivity contribution >= 4 is 23.5 Å². The van der Waals surface area contributed by atoms with Crippen molar-refractivity contribution in [1.82, 2.24) is 9.80 Å². The van der Waals surface area contributed by atoms with E-state index in [-0.39, 0.29) is 24.4 Å². The van der Waals surface area contributed by atoms with Crippen LogP contribution in [0.4, 0.5) is 10.5 Å². The number of rotatable bonds is 4. The van der Waals surface area contributed by atoms with Gasteiger partial charge in [-0.05, 0) is 38.8 Å². The van der Waals surface area contributed by atoms with Crippen molar-refractivity contribution in [2.75, 3.05) is 18.5 Å². The van der Waals surface area contributed by atoms with Gasteiger partial charge in [-0.2, -0.15) is 0 Å². The predicted octanol–water partition coefficient (Wildman–Crippen LogP) is 2.94. The van der Waals surface area contributed by atoms with Crippen LogP contribution in [-0.4, -0.2) is 53.3 Å². The Balaban J connectivity index is 1.71. The molecule has 4 amide bonds. The number of likely N-dealkylation sites (N-methyl/N-ethyl adjacent to an activating group) is 1. The van der Waals surface area contributed by atoms with Crippen molar-refractivity contribution in [3.8, 4) is 0 Å². The maximum Gasteiger partial charge on any atom is 0.332 e. The van der Waals surface area contributed by atoms with Crippen LogP contribution in [0.3, 0.4) is 0 Å². The lowest BCUT2D eigenvalue weighted by Crippen LogP contribution is -2.46. The Kier molecular flexibility index (Phi) is 5.30. The second-order valence-electron chi connectivity index (χ2n) is 7.38. The number of carbonyl (C=O) groups excluding carboxylic acids is 3. The van der Waals surface area contributed by atoms with Crippen LogP contribution in [0.1, 0.15) is 44.6 Å². The van der Waals surface area contributed by atoms with E-state index in [9.17, 15) is 14.4 Å². The number of hydrogen-bond donors (Lipinski definition) is 0. The maximum atomic E-state index is 12.8. The molecule has 6 heteroatoms. The smallest absolute Gasteiger partial charge is 0.332 e. The number of aryl methyl sites for hydroxylation is 1. The van der Waals surface area contributed by atoms with Gasteiger partial charge in [0, 0.05) is 18.8 Å². The fraction of sp³-hybridized carbons (Fsp3) is 0.550. The number of amides is 4. The molecule has 0 aromatic heterocycles. The first kappa shape index (κ1) is 18.4. The number of urea groups is 1. The highest BCUT2D eigenvalue weighted by Gasteiger charge is 2.44. The SMILES string of the molecule is Cc1ccc(N2C(=O)N(CC(=O)N(C)C3CCCCC3)C(=O)C2C)cc1. The van der Waals surface area contributed by atoms with Crippen molar-refractivity contribution in [3.63, 3.8) is 0 Å². The first-order valence-electron chi connectivity index (χ1n) is 9.37. The molecule has 6 nitrogen and oxygen atoms in total. The molecule has 0 N–H and O–H groups in total. The number of nitrogens with zero attached hydrogens (tertiary/aromatic N) is 3. The van der Waals surface area contributed by atoms with Crippen molar-refractivity contribution < 1.29 is 14.4 Å². The lowest BCUT2D eigenvalue weighted by atomic mass is 9.94. The van der Waals surface area contributed by atoms with Gasteiger partial charge in [-0.25, -0.2) is 4.79 Å². The molecule has 1 heterocycles. The van der Waals surface area contributed by atoms with E-state index >= 15 is 0 Å². The molecule has 140 valence electrons. The van der Waals surface area contributed by atoms with Gasteiger partial charge in [0.05, 0.1) is 0 Å². The van der Waals surface area contributed by atoms with Crippen LogP contribution in [0, 0.1) is 6.92 Å². The molecule has 1 aliphatic heterocycles. The monoisotopic (exact) mass is 357 g/mol. The third-order valence-corrected chi connectivity index (χ3v) is 5.57. The Morgan fingerprint density at radius 3 is 2.35 bits per heavy atom. The Labute approximate surface area is 154 Å². The molecule has 1 saturated heterocycles. The van der Waals surface area contributed by atoms with E-state index in [1.54, 1.807) is 18.9 Å². The van der Waals surface area contributed by atoms with E-state index in [4.69, 9.17) is 0 Å². The summed E-state index contributed by atoms with van der Waals surface area (Å²) in [4.78, 5) is 42.3. The molecule has 0 bridgehead atoms. The lowest BCUT2D eigenvalue weighted by Gasteiger charge is -2.32. The molecule has 1 aliphatic carbocycles. The van der Waals surface area contributed by atoms with Gasteiger partial charge in [0.2, 0.25) is 5.91 Å². The van der Waals surface area contributed by atoms with E-state index in [0.29, 0.717) is 5.69 Å². The highest BCUT2D eigenvalue weighted by molar-refractivity contribution is 6.15. The molecular formula is C20H27N3O3. The molecule has 0 spiro atoms. The average molecular weight is 357 g/mol. The normalized spacial score (nSPS) is 21.4. The predicted molar refractivity (Wildman–Crippen MR) is 99.9 cm³/mol. The summed E-state index contributed by atoms with van der Waals surface area (Å²) >= 11 is 0. The van der Waals surface area contributed by atoms with Crippen LogP contribution in [0.5, 0.6) is 0 Å².